The second-order valence-electron chi connectivity index (χ2n) is 4.96. The zero-order valence-electron chi connectivity index (χ0n) is 12.3. The van der Waals surface area contributed by atoms with Crippen molar-refractivity contribution in [2.45, 2.75) is 20.3 Å². The van der Waals surface area contributed by atoms with Gasteiger partial charge in [0.05, 0.1) is 12.2 Å². The molecule has 0 radical (unpaired) electrons. The number of aliphatic carboxylic acids is 1. The number of aromatic nitrogens is 1. The molecule has 0 atom stereocenters. The first kappa shape index (κ1) is 15.7. The number of urea groups is 1. The molecule has 0 unspecified atom stereocenters. The fourth-order valence-electron chi connectivity index (χ4n) is 2.28. The molecule has 1 aromatic rings. The van der Waals surface area contributed by atoms with Gasteiger partial charge in [0.2, 0.25) is 0 Å². The van der Waals surface area contributed by atoms with Crippen LogP contribution in [0.5, 0.6) is 0 Å². The number of amides is 2. The maximum absolute atomic E-state index is 12.2. The maximum atomic E-state index is 12.2. The summed E-state index contributed by atoms with van der Waals surface area (Å²) in [6, 6.07) is -0.165. The average molecular weight is 312 g/mol. The third kappa shape index (κ3) is 4.15. The van der Waals surface area contributed by atoms with Gasteiger partial charge in [-0.2, -0.15) is 0 Å². The van der Waals surface area contributed by atoms with Crippen LogP contribution in [0.25, 0.3) is 0 Å². The Morgan fingerprint density at radius 3 is 2.52 bits per heavy atom. The largest absolute Gasteiger partial charge is 0.480 e. The molecule has 21 heavy (non-hydrogen) atoms. The molecule has 116 valence electrons. The van der Waals surface area contributed by atoms with E-state index < -0.39 is 5.97 Å². The van der Waals surface area contributed by atoms with E-state index in [1.807, 2.05) is 18.7 Å². The number of piperazine rings is 1. The van der Waals surface area contributed by atoms with E-state index in [2.05, 4.69) is 10.3 Å². The van der Waals surface area contributed by atoms with Gasteiger partial charge in [-0.3, -0.25) is 15.0 Å². The number of hydrogen-bond donors (Lipinski definition) is 2. The highest BCUT2D eigenvalue weighted by atomic mass is 32.1. The van der Waals surface area contributed by atoms with Gasteiger partial charge in [0.25, 0.3) is 0 Å². The summed E-state index contributed by atoms with van der Waals surface area (Å²) < 4.78 is 0. The Bertz CT molecular complexity index is 523. The molecule has 7 nitrogen and oxygen atoms in total. The molecular weight excluding hydrogens is 292 g/mol. The smallest absolute Gasteiger partial charge is 0.323 e. The molecule has 0 bridgehead atoms. The number of nitrogens with zero attached hydrogens (tertiary/aromatic N) is 3. The van der Waals surface area contributed by atoms with Crippen molar-refractivity contribution in [1.82, 2.24) is 14.8 Å². The number of hydrogen-bond acceptors (Lipinski definition) is 5. The quantitative estimate of drug-likeness (QED) is 0.874. The summed E-state index contributed by atoms with van der Waals surface area (Å²) >= 11 is 1.48. The summed E-state index contributed by atoms with van der Waals surface area (Å²) in [7, 11) is 0. The van der Waals surface area contributed by atoms with Crippen molar-refractivity contribution in [3.63, 3.8) is 0 Å². The maximum Gasteiger partial charge on any atom is 0.323 e. The topological polar surface area (TPSA) is 85.8 Å². The molecule has 1 aromatic heterocycles. The predicted molar refractivity (Wildman–Crippen MR) is 80.9 cm³/mol. The lowest BCUT2D eigenvalue weighted by Crippen LogP contribution is -2.51. The molecule has 8 heteroatoms. The fourth-order valence-corrected chi connectivity index (χ4v) is 3.17. The van der Waals surface area contributed by atoms with Crippen molar-refractivity contribution in [3.8, 4) is 0 Å². The highest BCUT2D eigenvalue weighted by Gasteiger charge is 2.23. The Hall–Kier alpha value is -1.67. The van der Waals surface area contributed by atoms with Gasteiger partial charge in [-0.1, -0.05) is 6.92 Å². The first-order valence-corrected chi connectivity index (χ1v) is 7.77. The number of nitrogens with one attached hydrogen (secondary N) is 1. The highest BCUT2D eigenvalue weighted by molar-refractivity contribution is 7.15. The van der Waals surface area contributed by atoms with E-state index in [9.17, 15) is 9.59 Å². The van der Waals surface area contributed by atoms with E-state index in [0.29, 0.717) is 31.3 Å². The van der Waals surface area contributed by atoms with E-state index in [-0.39, 0.29) is 12.6 Å². The number of anilines is 1. The molecule has 1 saturated heterocycles. The van der Waals surface area contributed by atoms with Crippen LogP contribution in [0.1, 0.15) is 17.5 Å². The lowest BCUT2D eigenvalue weighted by atomic mass is 10.3. The minimum atomic E-state index is -0.835. The van der Waals surface area contributed by atoms with Crippen LogP contribution in [-0.4, -0.2) is 64.6 Å². The Kier molecular flexibility index (Phi) is 5.13. The second kappa shape index (κ2) is 6.86. The Balaban J connectivity index is 1.85. The third-order valence-electron chi connectivity index (χ3n) is 3.46. The van der Waals surface area contributed by atoms with E-state index in [4.69, 9.17) is 5.11 Å². The number of carbonyl (C=O) groups is 2. The summed E-state index contributed by atoms with van der Waals surface area (Å²) in [6.07, 6.45) is 0.853. The summed E-state index contributed by atoms with van der Waals surface area (Å²) in [6.45, 7) is 6.29. The highest BCUT2D eigenvalue weighted by Crippen LogP contribution is 2.22. The molecule has 0 aliphatic carbocycles. The van der Waals surface area contributed by atoms with E-state index in [1.54, 1.807) is 4.90 Å². The lowest BCUT2D eigenvalue weighted by molar-refractivity contribution is -0.138. The van der Waals surface area contributed by atoms with Gasteiger partial charge in [-0.25, -0.2) is 9.78 Å². The third-order valence-corrected chi connectivity index (χ3v) is 4.39. The van der Waals surface area contributed by atoms with Gasteiger partial charge in [-0.05, 0) is 13.3 Å². The van der Waals surface area contributed by atoms with Crippen LogP contribution in [0.4, 0.5) is 9.93 Å². The summed E-state index contributed by atoms with van der Waals surface area (Å²) in [5.74, 6) is -0.835. The van der Waals surface area contributed by atoms with E-state index in [0.717, 1.165) is 17.0 Å². The number of rotatable bonds is 4. The normalized spacial score (nSPS) is 16.0. The van der Waals surface area contributed by atoms with Gasteiger partial charge < -0.3 is 10.0 Å². The number of aryl methyl sites for hydroxylation is 2. The van der Waals surface area contributed by atoms with Gasteiger partial charge in [-0.15, -0.1) is 11.3 Å². The molecule has 0 aromatic carbocycles. The molecule has 0 saturated carbocycles. The number of carboxylic acid groups (broad SMARTS) is 1. The predicted octanol–water partition coefficient (Wildman–Crippen LogP) is 1.25. The minimum Gasteiger partial charge on any atom is -0.480 e. The zero-order valence-corrected chi connectivity index (χ0v) is 13.1. The van der Waals surface area contributed by atoms with Crippen LogP contribution >= 0.6 is 11.3 Å². The molecule has 1 aliphatic heterocycles. The first-order valence-electron chi connectivity index (χ1n) is 6.96. The fraction of sp³-hybridized carbons (Fsp3) is 0.615. The van der Waals surface area contributed by atoms with Crippen LogP contribution < -0.4 is 5.32 Å². The summed E-state index contributed by atoms with van der Waals surface area (Å²) in [5, 5.41) is 12.2. The minimum absolute atomic E-state index is 0.0288. The van der Waals surface area contributed by atoms with Crippen LogP contribution in [-0.2, 0) is 11.2 Å². The molecule has 2 amide bonds. The van der Waals surface area contributed by atoms with Crippen molar-refractivity contribution in [1.29, 1.82) is 0 Å². The van der Waals surface area contributed by atoms with E-state index >= 15 is 0 Å². The van der Waals surface area contributed by atoms with Crippen LogP contribution in [0, 0.1) is 6.92 Å². The standard InChI is InChI=1S/C13H20N4O3S/c1-3-10-9(2)21-12(14-10)15-13(20)17-6-4-16(5-7-17)8-11(18)19/h3-8H2,1-2H3,(H,18,19)(H,14,15,20). The number of carboxylic acids is 1. The SMILES string of the molecule is CCc1nc(NC(=O)N2CCN(CC(=O)O)CC2)sc1C. The molecule has 2 N–H and O–H groups in total. The molecule has 0 spiro atoms. The molecule has 2 heterocycles. The molecule has 1 fully saturated rings. The van der Waals surface area contributed by atoms with Gasteiger partial charge in [0, 0.05) is 31.1 Å². The number of carbonyl (C=O) groups excluding carboxylic acids is 1. The Labute approximate surface area is 127 Å². The van der Waals surface area contributed by atoms with Gasteiger partial charge in [0.1, 0.15) is 0 Å². The lowest BCUT2D eigenvalue weighted by Gasteiger charge is -2.33. The van der Waals surface area contributed by atoms with Gasteiger partial charge in [0.15, 0.2) is 5.13 Å². The molecular formula is C13H20N4O3S. The second-order valence-corrected chi connectivity index (χ2v) is 6.17. The average Bonchev–Trinajstić information content (AvgIpc) is 2.78. The van der Waals surface area contributed by atoms with Gasteiger partial charge >= 0.3 is 12.0 Å². The van der Waals surface area contributed by atoms with Crippen molar-refractivity contribution < 1.29 is 14.7 Å². The van der Waals surface area contributed by atoms with Crippen molar-refractivity contribution >= 4 is 28.5 Å². The van der Waals surface area contributed by atoms with Crippen LogP contribution in [0.2, 0.25) is 0 Å². The Morgan fingerprint density at radius 2 is 2.00 bits per heavy atom. The first-order chi connectivity index (χ1) is 9.99. The summed E-state index contributed by atoms with van der Waals surface area (Å²) in [4.78, 5) is 31.8. The number of thiazole rings is 1. The van der Waals surface area contributed by atoms with Crippen molar-refractivity contribution in [2.75, 3.05) is 38.0 Å². The van der Waals surface area contributed by atoms with Crippen LogP contribution in [0.3, 0.4) is 0 Å². The van der Waals surface area contributed by atoms with E-state index in [1.165, 1.54) is 11.3 Å². The van der Waals surface area contributed by atoms with Crippen molar-refractivity contribution in [2.24, 2.45) is 0 Å². The zero-order chi connectivity index (χ0) is 15.4. The van der Waals surface area contributed by atoms with Crippen molar-refractivity contribution in [3.05, 3.63) is 10.6 Å². The molecule has 2 rings (SSSR count). The van der Waals surface area contributed by atoms with Crippen LogP contribution in [0.15, 0.2) is 0 Å². The Morgan fingerprint density at radius 1 is 1.33 bits per heavy atom. The summed E-state index contributed by atoms with van der Waals surface area (Å²) in [5.41, 5.74) is 1.02. The molecule has 1 aliphatic rings. The monoisotopic (exact) mass is 312 g/mol.